The molecular formula is C11H13Cl. The lowest BCUT2D eigenvalue weighted by molar-refractivity contribution is 0.543. The van der Waals surface area contributed by atoms with Gasteiger partial charge < -0.3 is 0 Å². The van der Waals surface area contributed by atoms with Crippen molar-refractivity contribution in [1.29, 1.82) is 0 Å². The Kier molecular flexibility index (Phi) is 2.10. The molecule has 0 aromatic heterocycles. The van der Waals surface area contributed by atoms with E-state index in [9.17, 15) is 0 Å². The lowest BCUT2D eigenvalue weighted by Crippen LogP contribution is -1.95. The number of fused-ring (bicyclic) bond motifs is 1. The topological polar surface area (TPSA) is 0 Å². The minimum Gasteiger partial charge on any atom is -0.0843 e. The molecule has 2 rings (SSSR count). The van der Waals surface area contributed by atoms with E-state index in [0.29, 0.717) is 0 Å². The van der Waals surface area contributed by atoms with Gasteiger partial charge in [-0.15, -0.1) is 0 Å². The summed E-state index contributed by atoms with van der Waals surface area (Å²) in [7, 11) is 0. The predicted molar refractivity (Wildman–Crippen MR) is 52.6 cm³/mol. The molecular weight excluding hydrogens is 168 g/mol. The van der Waals surface area contributed by atoms with E-state index in [1.54, 1.807) is 0 Å². The highest BCUT2D eigenvalue weighted by Gasteiger charge is 2.19. The molecule has 0 N–H and O–H groups in total. The van der Waals surface area contributed by atoms with E-state index in [0.717, 1.165) is 10.9 Å². The molecule has 64 valence electrons. The van der Waals surface area contributed by atoms with Crippen molar-refractivity contribution >= 4 is 11.6 Å². The SMILES string of the molecule is CCC1Cc2ccc(Cl)cc2C1. The summed E-state index contributed by atoms with van der Waals surface area (Å²) in [4.78, 5) is 0. The molecule has 0 bridgehead atoms. The van der Waals surface area contributed by atoms with Gasteiger partial charge in [0.05, 0.1) is 0 Å². The van der Waals surface area contributed by atoms with Gasteiger partial charge in [0.25, 0.3) is 0 Å². The number of hydrogen-bond donors (Lipinski definition) is 0. The van der Waals surface area contributed by atoms with E-state index in [-0.39, 0.29) is 0 Å². The van der Waals surface area contributed by atoms with Crippen molar-refractivity contribution in [2.75, 3.05) is 0 Å². The highest BCUT2D eigenvalue weighted by atomic mass is 35.5. The summed E-state index contributed by atoms with van der Waals surface area (Å²) in [5, 5.41) is 0.880. The lowest BCUT2D eigenvalue weighted by Gasteiger charge is -2.01. The van der Waals surface area contributed by atoms with Crippen molar-refractivity contribution < 1.29 is 0 Å². The molecule has 1 heteroatoms. The van der Waals surface area contributed by atoms with E-state index in [1.807, 2.05) is 6.07 Å². The minimum atomic E-state index is 0.860. The van der Waals surface area contributed by atoms with Crippen LogP contribution < -0.4 is 0 Å². The lowest BCUT2D eigenvalue weighted by atomic mass is 10.0. The van der Waals surface area contributed by atoms with Crippen LogP contribution in [-0.2, 0) is 12.8 Å². The average molecular weight is 181 g/mol. The Hall–Kier alpha value is -0.490. The van der Waals surface area contributed by atoms with Crippen LogP contribution in [0, 0.1) is 5.92 Å². The predicted octanol–water partition coefficient (Wildman–Crippen LogP) is 3.46. The zero-order valence-electron chi connectivity index (χ0n) is 7.31. The maximum absolute atomic E-state index is 5.91. The largest absolute Gasteiger partial charge is 0.0843 e. The van der Waals surface area contributed by atoms with Gasteiger partial charge in [-0.05, 0) is 42.0 Å². The number of halogens is 1. The van der Waals surface area contributed by atoms with Crippen molar-refractivity contribution in [3.8, 4) is 0 Å². The summed E-state index contributed by atoms with van der Waals surface area (Å²) in [6, 6.07) is 6.29. The molecule has 1 aromatic carbocycles. The van der Waals surface area contributed by atoms with Crippen LogP contribution in [0.25, 0.3) is 0 Å². The maximum atomic E-state index is 5.91. The Bertz CT molecular complexity index is 291. The monoisotopic (exact) mass is 180 g/mol. The summed E-state index contributed by atoms with van der Waals surface area (Å²) in [6.45, 7) is 2.26. The second-order valence-electron chi connectivity index (χ2n) is 3.60. The van der Waals surface area contributed by atoms with Crippen molar-refractivity contribution in [2.24, 2.45) is 5.92 Å². The van der Waals surface area contributed by atoms with Crippen LogP contribution in [0.4, 0.5) is 0 Å². The molecule has 0 amide bonds. The molecule has 12 heavy (non-hydrogen) atoms. The summed E-state index contributed by atoms with van der Waals surface area (Å²) < 4.78 is 0. The molecule has 1 atom stereocenters. The normalized spacial score (nSPS) is 21.0. The smallest absolute Gasteiger partial charge is 0.0408 e. The van der Waals surface area contributed by atoms with Crippen molar-refractivity contribution in [2.45, 2.75) is 26.2 Å². The Balaban J connectivity index is 2.30. The first-order valence-corrected chi connectivity index (χ1v) is 4.94. The van der Waals surface area contributed by atoms with Crippen LogP contribution in [-0.4, -0.2) is 0 Å². The van der Waals surface area contributed by atoms with Crippen LogP contribution in [0.1, 0.15) is 24.5 Å². The molecule has 0 radical (unpaired) electrons. The van der Waals surface area contributed by atoms with E-state index < -0.39 is 0 Å². The van der Waals surface area contributed by atoms with E-state index in [2.05, 4.69) is 19.1 Å². The van der Waals surface area contributed by atoms with Crippen LogP contribution in [0.3, 0.4) is 0 Å². The first-order chi connectivity index (χ1) is 5.79. The molecule has 0 saturated carbocycles. The van der Waals surface area contributed by atoms with Crippen molar-refractivity contribution in [3.63, 3.8) is 0 Å². The van der Waals surface area contributed by atoms with E-state index in [4.69, 9.17) is 11.6 Å². The zero-order chi connectivity index (χ0) is 8.55. The fraction of sp³-hybridized carbons (Fsp3) is 0.455. The van der Waals surface area contributed by atoms with Gasteiger partial charge in [0.2, 0.25) is 0 Å². The van der Waals surface area contributed by atoms with Crippen LogP contribution >= 0.6 is 11.6 Å². The fourth-order valence-electron chi connectivity index (χ4n) is 1.97. The summed E-state index contributed by atoms with van der Waals surface area (Å²) in [5.74, 6) is 0.860. The van der Waals surface area contributed by atoms with Gasteiger partial charge in [0.15, 0.2) is 0 Å². The first kappa shape index (κ1) is 8.12. The second-order valence-corrected chi connectivity index (χ2v) is 4.03. The highest BCUT2D eigenvalue weighted by molar-refractivity contribution is 6.30. The third-order valence-electron chi connectivity index (χ3n) is 2.76. The van der Waals surface area contributed by atoms with Crippen LogP contribution in [0.2, 0.25) is 5.02 Å². The standard InChI is InChI=1S/C11H13Cl/c1-2-8-5-9-3-4-11(12)7-10(9)6-8/h3-4,7-8H,2,5-6H2,1H3. The quantitative estimate of drug-likeness (QED) is 0.621. The number of benzene rings is 1. The molecule has 0 nitrogen and oxygen atoms in total. The third-order valence-corrected chi connectivity index (χ3v) is 3.00. The molecule has 0 heterocycles. The molecule has 0 aliphatic heterocycles. The van der Waals surface area contributed by atoms with E-state index >= 15 is 0 Å². The Morgan fingerprint density at radius 3 is 2.83 bits per heavy atom. The van der Waals surface area contributed by atoms with Gasteiger partial charge in [-0.1, -0.05) is 31.0 Å². The Morgan fingerprint density at radius 1 is 1.33 bits per heavy atom. The first-order valence-electron chi connectivity index (χ1n) is 4.57. The van der Waals surface area contributed by atoms with Crippen LogP contribution in [0.5, 0.6) is 0 Å². The molecule has 1 aliphatic rings. The maximum Gasteiger partial charge on any atom is 0.0408 e. The number of hydrogen-bond acceptors (Lipinski definition) is 0. The summed E-state index contributed by atoms with van der Waals surface area (Å²) >= 11 is 5.91. The minimum absolute atomic E-state index is 0.860. The van der Waals surface area contributed by atoms with Crippen molar-refractivity contribution in [1.82, 2.24) is 0 Å². The van der Waals surface area contributed by atoms with Gasteiger partial charge in [-0.3, -0.25) is 0 Å². The molecule has 1 aliphatic carbocycles. The van der Waals surface area contributed by atoms with Gasteiger partial charge in [-0.2, -0.15) is 0 Å². The summed E-state index contributed by atoms with van der Waals surface area (Å²) in [5.41, 5.74) is 2.97. The van der Waals surface area contributed by atoms with Gasteiger partial charge in [0.1, 0.15) is 0 Å². The second kappa shape index (κ2) is 3.10. The third kappa shape index (κ3) is 1.36. The molecule has 1 aromatic rings. The average Bonchev–Trinajstić information content (AvgIpc) is 2.46. The molecule has 0 fully saturated rings. The highest BCUT2D eigenvalue weighted by Crippen LogP contribution is 2.30. The van der Waals surface area contributed by atoms with Gasteiger partial charge >= 0.3 is 0 Å². The summed E-state index contributed by atoms with van der Waals surface area (Å²) in [6.07, 6.45) is 3.77. The number of rotatable bonds is 1. The Labute approximate surface area is 78.6 Å². The molecule has 0 spiro atoms. The zero-order valence-corrected chi connectivity index (χ0v) is 8.06. The van der Waals surface area contributed by atoms with Gasteiger partial charge in [-0.25, -0.2) is 0 Å². The van der Waals surface area contributed by atoms with Crippen molar-refractivity contribution in [3.05, 3.63) is 34.3 Å². The molecule has 1 unspecified atom stereocenters. The molecule has 0 saturated heterocycles. The Morgan fingerprint density at radius 2 is 2.08 bits per heavy atom. The van der Waals surface area contributed by atoms with Gasteiger partial charge in [0, 0.05) is 5.02 Å². The fourth-order valence-corrected chi connectivity index (χ4v) is 2.16. The van der Waals surface area contributed by atoms with E-state index in [1.165, 1.54) is 30.4 Å². The van der Waals surface area contributed by atoms with Crippen LogP contribution in [0.15, 0.2) is 18.2 Å².